The van der Waals surface area contributed by atoms with Crippen molar-refractivity contribution in [3.8, 4) is 11.3 Å². The Labute approximate surface area is 269 Å². The molecule has 1 aromatic carbocycles. The molecule has 0 bridgehead atoms. The molecule has 0 radical (unpaired) electrons. The van der Waals surface area contributed by atoms with Crippen molar-refractivity contribution >= 4 is 27.0 Å². The zero-order valence-corrected chi connectivity index (χ0v) is 26.7. The molecule has 1 N–H and O–H groups in total. The quantitative estimate of drug-likeness (QED) is 0.233. The number of β-amino-alcohol motifs (C(OH)–C–C–N with tert-alkyl or cyclic N) is 1. The number of benzene rings is 1. The number of hydrogen-bond acceptors (Lipinski definition) is 8. The molecule has 3 aromatic heterocycles. The summed E-state index contributed by atoms with van der Waals surface area (Å²) in [5.41, 5.74) is 2.86. The molecular weight excluding hydrogens is 641 g/mol. The van der Waals surface area contributed by atoms with Gasteiger partial charge in [-0.05, 0) is 49.5 Å². The van der Waals surface area contributed by atoms with Gasteiger partial charge in [0, 0.05) is 55.1 Å². The minimum Gasteiger partial charge on any atom is -0.619 e. The maximum atomic E-state index is 13.2. The van der Waals surface area contributed by atoms with Crippen LogP contribution in [-0.2, 0) is 40.4 Å². The zero-order chi connectivity index (χ0) is 33.7. The number of aromatic nitrogens is 4. The number of rotatable bonds is 7. The Kier molecular flexibility index (Phi) is 8.80. The van der Waals surface area contributed by atoms with Crippen molar-refractivity contribution in [3.05, 3.63) is 76.5 Å². The van der Waals surface area contributed by atoms with Crippen LogP contribution in [0.15, 0.2) is 48.9 Å². The molecule has 1 saturated heterocycles. The van der Waals surface area contributed by atoms with Crippen molar-refractivity contribution in [2.45, 2.75) is 50.6 Å². The largest absolute Gasteiger partial charge is 0.619 e. The van der Waals surface area contributed by atoms with Gasteiger partial charge in [-0.3, -0.25) is 9.25 Å². The van der Waals surface area contributed by atoms with Gasteiger partial charge in [0.05, 0.1) is 48.2 Å². The van der Waals surface area contributed by atoms with E-state index >= 15 is 0 Å². The monoisotopic (exact) mass is 676 g/mol. The van der Waals surface area contributed by atoms with Crippen LogP contribution in [0.5, 0.6) is 0 Å². The third-order valence-electron chi connectivity index (χ3n) is 9.06. The highest BCUT2D eigenvalue weighted by Gasteiger charge is 2.33. The van der Waals surface area contributed by atoms with Gasteiger partial charge >= 0.3 is 12.3 Å². The number of pyridine rings is 1. The van der Waals surface area contributed by atoms with Crippen molar-refractivity contribution in [2.24, 2.45) is 0 Å². The summed E-state index contributed by atoms with van der Waals surface area (Å²) in [6.07, 6.45) is 1.58. The third kappa shape index (κ3) is 6.72. The van der Waals surface area contributed by atoms with Gasteiger partial charge in [-0.25, -0.2) is 13.2 Å². The molecule has 1 unspecified atom stereocenters. The number of alkyl halides is 3. The second kappa shape index (κ2) is 12.6. The number of aliphatic hydroxyl groups is 1. The molecule has 0 saturated carbocycles. The fraction of sp³-hybridized carbons (Fsp3) is 0.452. The number of ether oxygens (including phenoxy) is 1. The first kappa shape index (κ1) is 32.9. The minimum atomic E-state index is -4.50. The van der Waals surface area contributed by atoms with E-state index in [1.54, 1.807) is 16.9 Å². The number of nitrogens with zero attached hydrogens (tertiary/aromatic N) is 6. The van der Waals surface area contributed by atoms with Gasteiger partial charge < -0.3 is 20.0 Å². The number of halogens is 3. The van der Waals surface area contributed by atoms with E-state index in [1.165, 1.54) is 40.5 Å². The molecule has 12 nitrogen and oxygen atoms in total. The Hall–Kier alpha value is -3.99. The first-order valence-corrected chi connectivity index (χ1v) is 17.0. The fourth-order valence-electron chi connectivity index (χ4n) is 6.69. The van der Waals surface area contributed by atoms with Crippen LogP contribution in [0.4, 0.5) is 18.0 Å². The summed E-state index contributed by atoms with van der Waals surface area (Å²) in [6.45, 7) is 2.05. The van der Waals surface area contributed by atoms with Crippen LogP contribution in [0.2, 0.25) is 0 Å². The Balaban J connectivity index is 1.17. The predicted octanol–water partition coefficient (Wildman–Crippen LogP) is 3.33. The van der Waals surface area contributed by atoms with Crippen molar-refractivity contribution in [2.75, 3.05) is 39.5 Å². The smallest absolute Gasteiger partial charge is 0.418 e. The van der Waals surface area contributed by atoms with Crippen LogP contribution in [0.3, 0.4) is 0 Å². The summed E-state index contributed by atoms with van der Waals surface area (Å²) < 4.78 is 74.2. The first-order chi connectivity index (χ1) is 22.2. The van der Waals surface area contributed by atoms with Crippen LogP contribution in [-0.4, -0.2) is 88.8 Å². The first-order valence-electron chi connectivity index (χ1n) is 15.2. The van der Waals surface area contributed by atoms with Crippen molar-refractivity contribution in [1.82, 2.24) is 23.6 Å². The van der Waals surface area contributed by atoms with Crippen LogP contribution in [0, 0.1) is 5.21 Å². The summed E-state index contributed by atoms with van der Waals surface area (Å²) in [4.78, 5) is 14.5. The minimum absolute atomic E-state index is 0.0346. The lowest BCUT2D eigenvalue weighted by Crippen LogP contribution is -2.40. The van der Waals surface area contributed by atoms with Crippen LogP contribution < -0.4 is 4.73 Å². The highest BCUT2D eigenvalue weighted by Crippen LogP contribution is 2.36. The number of aliphatic hydroxyl groups excluding tert-OH is 1. The van der Waals surface area contributed by atoms with Crippen LogP contribution in [0.1, 0.15) is 41.1 Å². The second-order valence-electron chi connectivity index (χ2n) is 12.1. The Bertz CT molecular complexity index is 1900. The highest BCUT2D eigenvalue weighted by molar-refractivity contribution is 7.88. The van der Waals surface area contributed by atoms with Crippen molar-refractivity contribution < 1.29 is 41.0 Å². The lowest BCUT2D eigenvalue weighted by molar-refractivity contribution is -0.603. The molecule has 0 amide bonds. The van der Waals surface area contributed by atoms with Crippen LogP contribution in [0.25, 0.3) is 22.2 Å². The van der Waals surface area contributed by atoms with Gasteiger partial charge in [0.25, 0.3) is 0 Å². The number of likely N-dealkylation sites (tertiary alicyclic amines) is 1. The topological polar surface area (TPSA) is 137 Å². The molecule has 4 aromatic rings. The SMILES string of the molecule is COC(=O)n1cc(C2CCN(CC(O)Cn3nc(-c4ccc(C(F)(F)F)cc4)c4c3CCN(S(C)(=O)=O)C4)CC2)c2c[n+]([O-])ccc21. The summed E-state index contributed by atoms with van der Waals surface area (Å²) in [7, 11) is -2.22. The Morgan fingerprint density at radius 3 is 2.49 bits per heavy atom. The third-order valence-corrected chi connectivity index (χ3v) is 10.3. The molecule has 5 heterocycles. The van der Waals surface area contributed by atoms with Gasteiger partial charge in [0.2, 0.25) is 10.0 Å². The molecule has 16 heteroatoms. The van der Waals surface area contributed by atoms with E-state index in [9.17, 15) is 36.7 Å². The van der Waals surface area contributed by atoms with Gasteiger partial charge in [0.1, 0.15) is 0 Å². The predicted molar refractivity (Wildman–Crippen MR) is 165 cm³/mol. The van der Waals surface area contributed by atoms with Gasteiger partial charge in [-0.15, -0.1) is 0 Å². The molecule has 2 aliphatic heterocycles. The maximum Gasteiger partial charge on any atom is 0.418 e. The fourth-order valence-corrected chi connectivity index (χ4v) is 7.47. The molecule has 2 aliphatic rings. The standard InChI is InChI=1S/C31H35F3N6O6S/c1-46-30(42)39-19-24(25-17-37(43)13-9-27(25)39)20-7-11-36(12-8-20)15-23(41)16-40-28-10-14-38(47(2,44)45)18-26(28)29(35-40)21-3-5-22(6-4-21)31(32,33)34/h3-6,9,13,17,19-20,23,41H,7-8,10-12,14-16,18H2,1-2H3. The second-order valence-corrected chi connectivity index (χ2v) is 14.1. The molecule has 1 fully saturated rings. The lowest BCUT2D eigenvalue weighted by Gasteiger charge is -2.33. The number of carbonyl (C=O) groups is 1. The van der Waals surface area contributed by atoms with Gasteiger partial charge in [-0.2, -0.15) is 27.3 Å². The van der Waals surface area contributed by atoms with Crippen LogP contribution >= 0.6 is 0 Å². The molecule has 252 valence electrons. The maximum absolute atomic E-state index is 13.2. The Morgan fingerprint density at radius 2 is 1.85 bits per heavy atom. The van der Waals surface area contributed by atoms with E-state index in [0.29, 0.717) is 58.5 Å². The molecule has 6 rings (SSSR count). The van der Waals surface area contributed by atoms with Crippen molar-refractivity contribution in [1.29, 1.82) is 0 Å². The molecule has 0 aliphatic carbocycles. The van der Waals surface area contributed by atoms with E-state index in [-0.39, 0.29) is 25.6 Å². The summed E-state index contributed by atoms with van der Waals surface area (Å²) in [5.74, 6) is 0.0846. The van der Waals surface area contributed by atoms with Crippen molar-refractivity contribution in [3.63, 3.8) is 0 Å². The van der Waals surface area contributed by atoms with E-state index in [4.69, 9.17) is 4.74 Å². The van der Waals surface area contributed by atoms with Gasteiger partial charge in [0.15, 0.2) is 12.4 Å². The highest BCUT2D eigenvalue weighted by atomic mass is 32.2. The molecule has 1 atom stereocenters. The average Bonchev–Trinajstić information content (AvgIpc) is 3.58. The normalized spacial score (nSPS) is 17.6. The van der Waals surface area contributed by atoms with Gasteiger partial charge in [-0.1, -0.05) is 12.1 Å². The number of fused-ring (bicyclic) bond motifs is 2. The lowest BCUT2D eigenvalue weighted by atomic mass is 9.89. The van der Waals surface area contributed by atoms with E-state index < -0.39 is 34.0 Å². The van der Waals surface area contributed by atoms with E-state index in [1.807, 2.05) is 0 Å². The molecular formula is C31H35F3N6O6S. The van der Waals surface area contributed by atoms with E-state index in [2.05, 4.69) is 10.00 Å². The molecule has 47 heavy (non-hydrogen) atoms. The average molecular weight is 677 g/mol. The summed E-state index contributed by atoms with van der Waals surface area (Å²) in [5, 5.41) is 28.6. The Morgan fingerprint density at radius 1 is 1.15 bits per heavy atom. The number of carbonyl (C=O) groups excluding carboxylic acids is 1. The summed E-state index contributed by atoms with van der Waals surface area (Å²) in [6, 6.07) is 6.19. The zero-order valence-electron chi connectivity index (χ0n) is 25.9. The number of piperidine rings is 1. The number of hydrogen-bond donors (Lipinski definition) is 1. The molecule has 0 spiro atoms. The number of methoxy groups -OCH3 is 1. The number of sulfonamides is 1. The van der Waals surface area contributed by atoms with E-state index in [0.717, 1.165) is 42.5 Å². The summed E-state index contributed by atoms with van der Waals surface area (Å²) >= 11 is 0.